The fourth-order valence-electron chi connectivity index (χ4n) is 4.08. The molecule has 4 heterocycles. The Balaban J connectivity index is 1.83. The Morgan fingerprint density at radius 2 is 2.12 bits per heavy atom. The van der Waals surface area contributed by atoms with Crippen molar-refractivity contribution in [2.45, 2.75) is 44.8 Å². The lowest BCUT2D eigenvalue weighted by molar-refractivity contribution is -0.0526. The van der Waals surface area contributed by atoms with Crippen molar-refractivity contribution < 1.29 is 22.7 Å². The minimum atomic E-state index is -3.33. The number of carbonyl (C=O) groups excluding carboxylic acids is 1. The maximum atomic E-state index is 15.1. The maximum Gasteiger partial charge on any atom is 0.293 e. The monoisotopic (exact) mass is 451 g/mol. The van der Waals surface area contributed by atoms with E-state index in [4.69, 9.17) is 4.74 Å². The molecule has 1 fully saturated rings. The quantitative estimate of drug-likeness (QED) is 0.645. The molecule has 11 heteroatoms. The number of hydrogen-bond acceptors (Lipinski definition) is 7. The molecule has 0 unspecified atom stereocenters. The highest BCUT2D eigenvalue weighted by Crippen LogP contribution is 2.42. The smallest absolute Gasteiger partial charge is 0.293 e. The predicted octanol–water partition coefficient (Wildman–Crippen LogP) is 2.12. The van der Waals surface area contributed by atoms with Gasteiger partial charge >= 0.3 is 0 Å². The van der Waals surface area contributed by atoms with Crippen molar-refractivity contribution in [1.29, 1.82) is 0 Å². The van der Waals surface area contributed by atoms with Crippen molar-refractivity contribution in [2.24, 2.45) is 0 Å². The summed E-state index contributed by atoms with van der Waals surface area (Å²) in [6.07, 6.45) is 1.43. The van der Waals surface area contributed by atoms with Crippen molar-refractivity contribution in [3.8, 4) is 0 Å². The van der Waals surface area contributed by atoms with Gasteiger partial charge in [-0.05, 0) is 26.0 Å². The van der Waals surface area contributed by atoms with Gasteiger partial charge in [-0.25, -0.2) is 8.78 Å². The molecular formula is C21H24F3N5O3. The molecule has 8 nitrogen and oxygen atoms in total. The molecule has 0 N–H and O–H groups in total. The van der Waals surface area contributed by atoms with Crippen molar-refractivity contribution in [1.82, 2.24) is 14.5 Å². The first-order chi connectivity index (χ1) is 15.0. The molecule has 32 heavy (non-hydrogen) atoms. The van der Waals surface area contributed by atoms with Crippen LogP contribution in [0.3, 0.4) is 0 Å². The van der Waals surface area contributed by atoms with Crippen LogP contribution in [0, 0.1) is 5.82 Å². The molecular weight excluding hydrogens is 427 g/mol. The van der Waals surface area contributed by atoms with E-state index in [0.717, 1.165) is 9.47 Å². The third-order valence-corrected chi connectivity index (χ3v) is 6.22. The van der Waals surface area contributed by atoms with E-state index in [-0.39, 0.29) is 23.5 Å². The highest BCUT2D eigenvalue weighted by atomic mass is 19.3. The Morgan fingerprint density at radius 1 is 1.38 bits per heavy atom. The summed E-state index contributed by atoms with van der Waals surface area (Å²) >= 11 is 0. The van der Waals surface area contributed by atoms with Gasteiger partial charge in [0.15, 0.2) is 11.6 Å². The highest BCUT2D eigenvalue weighted by molar-refractivity contribution is 5.97. The Bertz CT molecular complexity index is 1090. The van der Waals surface area contributed by atoms with Gasteiger partial charge in [-0.1, -0.05) is 6.07 Å². The molecule has 4 rings (SSSR count). The Morgan fingerprint density at radius 3 is 2.75 bits per heavy atom. The van der Waals surface area contributed by atoms with Gasteiger partial charge in [0.05, 0.1) is 32.3 Å². The molecule has 2 aromatic rings. The summed E-state index contributed by atoms with van der Waals surface area (Å²) in [7, 11) is 0. The minimum Gasteiger partial charge on any atom is -0.377 e. The Hall–Kier alpha value is -2.95. The summed E-state index contributed by atoms with van der Waals surface area (Å²) in [5.41, 5.74) is -2.93. The second-order valence-corrected chi connectivity index (χ2v) is 8.44. The number of pyridine rings is 1. The van der Waals surface area contributed by atoms with Crippen LogP contribution in [0.1, 0.15) is 31.3 Å². The van der Waals surface area contributed by atoms with Crippen LogP contribution in [0.15, 0.2) is 29.2 Å². The lowest BCUT2D eigenvalue weighted by atomic mass is 9.93. The van der Waals surface area contributed by atoms with E-state index in [0.29, 0.717) is 26.7 Å². The minimum absolute atomic E-state index is 0.0965. The van der Waals surface area contributed by atoms with Crippen LogP contribution in [0.25, 0.3) is 0 Å². The fourth-order valence-corrected chi connectivity index (χ4v) is 4.08. The summed E-state index contributed by atoms with van der Waals surface area (Å²) in [6, 6.07) is 4.46. The van der Waals surface area contributed by atoms with Crippen LogP contribution in [0.2, 0.25) is 0 Å². The zero-order chi connectivity index (χ0) is 23.3. The second-order valence-electron chi connectivity index (χ2n) is 8.44. The summed E-state index contributed by atoms with van der Waals surface area (Å²) in [4.78, 5) is 36.7. The van der Waals surface area contributed by atoms with Crippen LogP contribution >= 0.6 is 0 Å². The average Bonchev–Trinajstić information content (AvgIpc) is 3.05. The van der Waals surface area contributed by atoms with Gasteiger partial charge < -0.3 is 14.5 Å². The molecule has 1 saturated heterocycles. The topological polar surface area (TPSA) is 80.6 Å². The number of anilines is 2. The molecule has 0 bridgehead atoms. The van der Waals surface area contributed by atoms with Gasteiger partial charge in [0.1, 0.15) is 11.2 Å². The number of morpholine rings is 1. The average molecular weight is 451 g/mol. The molecule has 0 spiro atoms. The first-order valence-electron chi connectivity index (χ1n) is 10.3. The number of aromatic nitrogens is 3. The molecule has 0 radical (unpaired) electrons. The van der Waals surface area contributed by atoms with Crippen molar-refractivity contribution >= 4 is 17.5 Å². The molecule has 2 aliphatic rings. The van der Waals surface area contributed by atoms with Crippen molar-refractivity contribution in [3.05, 3.63) is 46.3 Å². The van der Waals surface area contributed by atoms with E-state index < -0.39 is 41.7 Å². The number of ketones is 1. The van der Waals surface area contributed by atoms with Gasteiger partial charge in [0, 0.05) is 19.7 Å². The van der Waals surface area contributed by atoms with Crippen LogP contribution in [-0.2, 0) is 11.3 Å². The normalized spacial score (nSPS) is 23.4. The lowest BCUT2D eigenvalue weighted by Crippen LogP contribution is -2.57. The van der Waals surface area contributed by atoms with E-state index in [1.807, 2.05) is 0 Å². The zero-order valence-corrected chi connectivity index (χ0v) is 18.0. The standard InChI is InChI=1S/C21H24F3N5O3/c1-13-11-32-9-8-27(13)17-16(22)18(31)28-12-20(2,21(3,23)24)29(19(28)26-17)10-15(30)14-6-4-5-7-25-14/h4-7,13H,8-12H2,1-3H3/t13-,20+/m1/s1. The van der Waals surface area contributed by atoms with E-state index in [2.05, 4.69) is 9.97 Å². The molecule has 0 aliphatic carbocycles. The van der Waals surface area contributed by atoms with E-state index in [1.54, 1.807) is 24.0 Å². The molecule has 2 atom stereocenters. The molecule has 0 saturated carbocycles. The second kappa shape index (κ2) is 7.88. The number of alkyl halides is 2. The maximum absolute atomic E-state index is 15.1. The lowest BCUT2D eigenvalue weighted by Gasteiger charge is -2.39. The SMILES string of the molecule is C[C@@H]1COCCN1c1nc2n(c(=O)c1F)C[C@@](C)(C(C)(F)F)N2CC(=O)c1ccccn1. The molecule has 172 valence electrons. The van der Waals surface area contributed by atoms with E-state index >= 15 is 4.39 Å². The fraction of sp³-hybridized carbons (Fsp3) is 0.524. The van der Waals surface area contributed by atoms with E-state index in [9.17, 15) is 18.4 Å². The number of rotatable bonds is 5. The van der Waals surface area contributed by atoms with Crippen molar-refractivity contribution in [3.63, 3.8) is 0 Å². The Labute approximate surface area is 182 Å². The van der Waals surface area contributed by atoms with Crippen LogP contribution in [0.4, 0.5) is 24.9 Å². The van der Waals surface area contributed by atoms with E-state index in [1.165, 1.54) is 19.2 Å². The first-order valence-corrected chi connectivity index (χ1v) is 10.3. The van der Waals surface area contributed by atoms with Gasteiger partial charge in [-0.2, -0.15) is 9.37 Å². The zero-order valence-electron chi connectivity index (χ0n) is 18.0. The molecule has 2 aliphatic heterocycles. The third kappa shape index (κ3) is 3.54. The van der Waals surface area contributed by atoms with Crippen molar-refractivity contribution in [2.75, 3.05) is 36.1 Å². The number of carbonyl (C=O) groups is 1. The number of ether oxygens (including phenoxy) is 1. The van der Waals surface area contributed by atoms with Crippen LogP contribution in [-0.4, -0.2) is 64.1 Å². The van der Waals surface area contributed by atoms with Gasteiger partial charge in [-0.3, -0.25) is 19.1 Å². The first kappa shape index (κ1) is 22.3. The highest BCUT2D eigenvalue weighted by Gasteiger charge is 2.57. The summed E-state index contributed by atoms with van der Waals surface area (Å²) in [5, 5.41) is 0. The molecule has 0 aromatic carbocycles. The Kier molecular flexibility index (Phi) is 5.48. The number of hydrogen-bond donors (Lipinski definition) is 0. The number of fused-ring (bicyclic) bond motifs is 1. The van der Waals surface area contributed by atoms with Crippen LogP contribution in [0.5, 0.6) is 0 Å². The third-order valence-electron chi connectivity index (χ3n) is 6.22. The molecule has 2 aromatic heterocycles. The molecule has 0 amide bonds. The number of nitrogens with zero attached hydrogens (tertiary/aromatic N) is 5. The number of Topliss-reactive ketones (excluding diaryl/α,β-unsaturated/α-hetero) is 1. The predicted molar refractivity (Wildman–Crippen MR) is 111 cm³/mol. The van der Waals surface area contributed by atoms with Gasteiger partial charge in [0.25, 0.3) is 11.5 Å². The number of halogens is 3. The van der Waals surface area contributed by atoms with Gasteiger partial charge in [0.2, 0.25) is 11.8 Å². The van der Waals surface area contributed by atoms with Gasteiger partial charge in [-0.15, -0.1) is 0 Å². The largest absolute Gasteiger partial charge is 0.377 e. The van der Waals surface area contributed by atoms with Crippen LogP contribution < -0.4 is 15.4 Å². The summed E-state index contributed by atoms with van der Waals surface area (Å²) in [6.45, 7) is 3.66. The summed E-state index contributed by atoms with van der Waals surface area (Å²) < 4.78 is 50.9. The summed E-state index contributed by atoms with van der Waals surface area (Å²) in [5.74, 6) is -5.36.